The van der Waals surface area contributed by atoms with Crippen LogP contribution < -0.4 is 11.1 Å². The number of likely N-dealkylation sites (N-methyl/N-ethyl adjacent to an activating group) is 1. The first-order chi connectivity index (χ1) is 18.8. The standard InChI is InChI=1S/C28H30N8O3/c1-4-22(37)35-13-7-8-18(15-35)36-27-24(26(29)30-16-31-27)25(33-36)28(39)32-21-12-11-17(14-23(38)34(2)3)19-9-5-6-10-20(19)21/h4-6,9-12,16,18H,1,7-8,13-15H2,2-3H3,(H,32,39)(H2,29,30,31)/t18-/m1/s1. The van der Waals surface area contributed by atoms with Crippen LogP contribution >= 0.6 is 0 Å². The van der Waals surface area contributed by atoms with Gasteiger partial charge in [0.25, 0.3) is 5.91 Å². The fraction of sp³-hybridized carbons (Fsp3) is 0.286. The summed E-state index contributed by atoms with van der Waals surface area (Å²) in [5, 5.41) is 9.66. The second kappa shape index (κ2) is 10.5. The summed E-state index contributed by atoms with van der Waals surface area (Å²) in [6, 6.07) is 11.1. The van der Waals surface area contributed by atoms with Gasteiger partial charge in [0.05, 0.1) is 17.8 Å². The highest BCUT2D eigenvalue weighted by Gasteiger charge is 2.29. The van der Waals surface area contributed by atoms with Crippen LogP contribution in [0.3, 0.4) is 0 Å². The molecule has 4 aromatic rings. The van der Waals surface area contributed by atoms with Crippen LogP contribution in [0.5, 0.6) is 0 Å². The number of carbonyl (C=O) groups excluding carboxylic acids is 3. The topological polar surface area (TPSA) is 139 Å². The molecule has 0 aliphatic carbocycles. The molecule has 11 heteroatoms. The van der Waals surface area contributed by atoms with Crippen molar-refractivity contribution in [3.8, 4) is 0 Å². The number of carbonyl (C=O) groups is 3. The summed E-state index contributed by atoms with van der Waals surface area (Å²) in [7, 11) is 3.44. The Morgan fingerprint density at radius 3 is 2.67 bits per heavy atom. The SMILES string of the molecule is C=CC(=O)N1CCC[C@@H](n2nc(C(=O)Nc3ccc(CC(=O)N(C)C)c4ccccc34)c3c(N)ncnc32)C1. The third kappa shape index (κ3) is 4.90. The van der Waals surface area contributed by atoms with Gasteiger partial charge in [-0.25, -0.2) is 14.6 Å². The van der Waals surface area contributed by atoms with E-state index >= 15 is 0 Å². The second-order valence-corrected chi connectivity index (χ2v) is 9.77. The van der Waals surface area contributed by atoms with Crippen LogP contribution in [-0.4, -0.2) is 74.5 Å². The lowest BCUT2D eigenvalue weighted by atomic mass is 10.00. The van der Waals surface area contributed by atoms with Crippen molar-refractivity contribution in [3.05, 3.63) is 66.6 Å². The minimum atomic E-state index is -0.461. The second-order valence-electron chi connectivity index (χ2n) is 9.77. The first-order valence-corrected chi connectivity index (χ1v) is 12.7. The minimum absolute atomic E-state index is 0.0134. The van der Waals surface area contributed by atoms with Crippen molar-refractivity contribution in [1.29, 1.82) is 0 Å². The molecule has 200 valence electrons. The average molecular weight is 527 g/mol. The van der Waals surface area contributed by atoms with E-state index in [1.807, 2.05) is 30.3 Å². The molecule has 0 bridgehead atoms. The van der Waals surface area contributed by atoms with Gasteiger partial charge in [0.1, 0.15) is 12.1 Å². The first kappa shape index (κ1) is 25.8. The predicted octanol–water partition coefficient (Wildman–Crippen LogP) is 2.79. The predicted molar refractivity (Wildman–Crippen MR) is 149 cm³/mol. The lowest BCUT2D eigenvalue weighted by Crippen LogP contribution is -2.40. The third-order valence-electron chi connectivity index (χ3n) is 7.06. The van der Waals surface area contributed by atoms with E-state index < -0.39 is 5.91 Å². The molecule has 1 aliphatic heterocycles. The molecule has 5 rings (SSSR count). The molecule has 3 heterocycles. The summed E-state index contributed by atoms with van der Waals surface area (Å²) in [6.45, 7) is 4.64. The Morgan fingerprint density at radius 2 is 1.92 bits per heavy atom. The zero-order valence-corrected chi connectivity index (χ0v) is 21.9. The van der Waals surface area contributed by atoms with Gasteiger partial charge in [-0.3, -0.25) is 14.4 Å². The number of nitrogens with two attached hydrogens (primary N) is 1. The van der Waals surface area contributed by atoms with E-state index in [0.717, 1.165) is 29.2 Å². The number of piperidine rings is 1. The lowest BCUT2D eigenvalue weighted by molar-refractivity contribution is -0.128. The Labute approximate surface area is 225 Å². The maximum Gasteiger partial charge on any atom is 0.277 e. The zero-order chi connectivity index (χ0) is 27.7. The molecular weight excluding hydrogens is 496 g/mol. The van der Waals surface area contributed by atoms with E-state index in [1.165, 1.54) is 12.4 Å². The third-order valence-corrected chi connectivity index (χ3v) is 7.06. The van der Waals surface area contributed by atoms with Crippen molar-refractivity contribution >= 4 is 51.0 Å². The van der Waals surface area contributed by atoms with Crippen LogP contribution in [0.1, 0.15) is 34.9 Å². The monoisotopic (exact) mass is 526 g/mol. The van der Waals surface area contributed by atoms with E-state index in [2.05, 4.69) is 27.0 Å². The molecule has 1 fully saturated rings. The van der Waals surface area contributed by atoms with E-state index in [1.54, 1.807) is 34.6 Å². The fourth-order valence-electron chi connectivity index (χ4n) is 5.02. The molecule has 2 aromatic carbocycles. The molecule has 3 N–H and O–H groups in total. The van der Waals surface area contributed by atoms with Gasteiger partial charge >= 0.3 is 0 Å². The fourth-order valence-corrected chi connectivity index (χ4v) is 5.02. The van der Waals surface area contributed by atoms with Crippen molar-refractivity contribution in [1.82, 2.24) is 29.5 Å². The van der Waals surface area contributed by atoms with Crippen molar-refractivity contribution in [2.75, 3.05) is 38.2 Å². The summed E-state index contributed by atoms with van der Waals surface area (Å²) in [4.78, 5) is 50.0. The molecule has 39 heavy (non-hydrogen) atoms. The van der Waals surface area contributed by atoms with Gasteiger partial charge in [0, 0.05) is 38.3 Å². The van der Waals surface area contributed by atoms with Crippen LogP contribution in [-0.2, 0) is 16.0 Å². The van der Waals surface area contributed by atoms with Crippen LogP contribution in [0.4, 0.5) is 11.5 Å². The summed E-state index contributed by atoms with van der Waals surface area (Å²) in [6.07, 6.45) is 4.43. The number of likely N-dealkylation sites (tertiary alicyclic amines) is 1. The molecule has 0 spiro atoms. The van der Waals surface area contributed by atoms with E-state index in [-0.39, 0.29) is 35.8 Å². The quantitative estimate of drug-likeness (QED) is 0.368. The van der Waals surface area contributed by atoms with Crippen molar-refractivity contribution in [2.24, 2.45) is 0 Å². The van der Waals surface area contributed by atoms with Crippen LogP contribution in [0, 0.1) is 0 Å². The van der Waals surface area contributed by atoms with Gasteiger partial charge in [-0.2, -0.15) is 5.10 Å². The van der Waals surface area contributed by atoms with Gasteiger partial charge in [0.15, 0.2) is 11.3 Å². The average Bonchev–Trinajstić information content (AvgIpc) is 3.35. The van der Waals surface area contributed by atoms with E-state index in [4.69, 9.17) is 5.73 Å². The van der Waals surface area contributed by atoms with Gasteiger partial charge < -0.3 is 20.9 Å². The molecule has 1 aliphatic rings. The van der Waals surface area contributed by atoms with E-state index in [0.29, 0.717) is 29.8 Å². The number of rotatable bonds is 6. The first-order valence-electron chi connectivity index (χ1n) is 12.7. The van der Waals surface area contributed by atoms with Gasteiger partial charge in [-0.05, 0) is 35.9 Å². The number of anilines is 2. The minimum Gasteiger partial charge on any atom is -0.383 e. The maximum atomic E-state index is 13.7. The number of hydrogen-bond donors (Lipinski definition) is 2. The number of nitrogens with zero attached hydrogens (tertiary/aromatic N) is 6. The van der Waals surface area contributed by atoms with Crippen LogP contribution in [0.2, 0.25) is 0 Å². The molecule has 0 saturated carbocycles. The van der Waals surface area contributed by atoms with Gasteiger partial charge in [0.2, 0.25) is 11.8 Å². The number of nitrogens with one attached hydrogen (secondary N) is 1. The largest absolute Gasteiger partial charge is 0.383 e. The highest BCUT2D eigenvalue weighted by atomic mass is 16.2. The Morgan fingerprint density at radius 1 is 1.15 bits per heavy atom. The number of nitrogen functional groups attached to an aromatic ring is 1. The van der Waals surface area contributed by atoms with E-state index in [9.17, 15) is 14.4 Å². The summed E-state index contributed by atoms with van der Waals surface area (Å²) < 4.78 is 1.68. The Bertz CT molecular complexity index is 1610. The highest BCUT2D eigenvalue weighted by molar-refractivity contribution is 6.15. The summed E-state index contributed by atoms with van der Waals surface area (Å²) in [5.74, 6) is -0.475. The molecular formula is C28H30N8O3. The number of aromatic nitrogens is 4. The molecule has 11 nitrogen and oxygen atoms in total. The number of amides is 3. The number of fused-ring (bicyclic) bond motifs is 2. The van der Waals surface area contributed by atoms with Gasteiger partial charge in [-0.15, -0.1) is 0 Å². The number of benzene rings is 2. The summed E-state index contributed by atoms with van der Waals surface area (Å²) in [5.41, 5.74) is 8.20. The number of hydrogen-bond acceptors (Lipinski definition) is 7. The zero-order valence-electron chi connectivity index (χ0n) is 21.9. The normalized spacial score (nSPS) is 15.3. The molecule has 1 atom stereocenters. The highest BCUT2D eigenvalue weighted by Crippen LogP contribution is 2.31. The Balaban J connectivity index is 1.51. The van der Waals surface area contributed by atoms with Crippen molar-refractivity contribution < 1.29 is 14.4 Å². The molecule has 0 radical (unpaired) electrons. The smallest absolute Gasteiger partial charge is 0.277 e. The van der Waals surface area contributed by atoms with Crippen molar-refractivity contribution in [3.63, 3.8) is 0 Å². The van der Waals surface area contributed by atoms with Crippen LogP contribution in [0.15, 0.2) is 55.4 Å². The maximum absolute atomic E-state index is 13.7. The van der Waals surface area contributed by atoms with Crippen LogP contribution in [0.25, 0.3) is 21.8 Å². The molecule has 3 amide bonds. The lowest BCUT2D eigenvalue weighted by Gasteiger charge is -2.32. The van der Waals surface area contributed by atoms with Crippen molar-refractivity contribution in [2.45, 2.75) is 25.3 Å². The Kier molecular flexibility index (Phi) is 6.97. The summed E-state index contributed by atoms with van der Waals surface area (Å²) >= 11 is 0. The molecule has 0 unspecified atom stereocenters. The molecule has 1 saturated heterocycles. The van der Waals surface area contributed by atoms with Gasteiger partial charge in [-0.1, -0.05) is 36.9 Å². The Hall–Kier alpha value is -4.80. The molecule has 2 aromatic heterocycles.